The fourth-order valence-electron chi connectivity index (χ4n) is 1.66. The molecule has 0 aliphatic rings. The highest BCUT2D eigenvalue weighted by Gasteiger charge is 2.12. The third kappa shape index (κ3) is 5.01. The standard InChI is InChI=1S/C14H19BrFN3OSi/c1-21(2,3)7-6-20-10-19-9-17-14(18-19)11-4-5-12(15)13(16)8-11/h4-5,8-9H,6-7,10H2,1-3H3. The van der Waals surface area contributed by atoms with E-state index < -0.39 is 8.07 Å². The Hall–Kier alpha value is -1.05. The number of rotatable bonds is 6. The van der Waals surface area contributed by atoms with E-state index in [0.717, 1.165) is 12.7 Å². The summed E-state index contributed by atoms with van der Waals surface area (Å²) in [5.74, 6) is 0.172. The maximum absolute atomic E-state index is 13.5. The van der Waals surface area contributed by atoms with Crippen LogP contribution in [-0.4, -0.2) is 29.4 Å². The topological polar surface area (TPSA) is 39.9 Å². The van der Waals surface area contributed by atoms with Gasteiger partial charge in [-0.05, 0) is 40.2 Å². The van der Waals surface area contributed by atoms with E-state index in [0.29, 0.717) is 22.6 Å². The molecule has 114 valence electrons. The minimum Gasteiger partial charge on any atom is -0.359 e. The number of hydrogen-bond acceptors (Lipinski definition) is 3. The Morgan fingerprint density at radius 2 is 2.10 bits per heavy atom. The van der Waals surface area contributed by atoms with Crippen molar-refractivity contribution in [2.75, 3.05) is 6.61 Å². The third-order valence-corrected chi connectivity index (χ3v) is 5.28. The van der Waals surface area contributed by atoms with E-state index in [2.05, 4.69) is 45.7 Å². The second-order valence-corrected chi connectivity index (χ2v) is 12.6. The van der Waals surface area contributed by atoms with Crippen molar-refractivity contribution in [3.63, 3.8) is 0 Å². The Kier molecular flexibility index (Phi) is 5.29. The van der Waals surface area contributed by atoms with E-state index >= 15 is 0 Å². The van der Waals surface area contributed by atoms with E-state index in [1.54, 1.807) is 23.1 Å². The van der Waals surface area contributed by atoms with Crippen LogP contribution in [0.2, 0.25) is 25.7 Å². The molecule has 0 bridgehead atoms. The fraction of sp³-hybridized carbons (Fsp3) is 0.429. The Labute approximate surface area is 133 Å². The lowest BCUT2D eigenvalue weighted by atomic mass is 10.2. The molecule has 0 radical (unpaired) electrons. The fourth-order valence-corrected chi connectivity index (χ4v) is 2.66. The SMILES string of the molecule is C[Si](C)(C)CCOCn1cnc(-c2ccc(Br)c(F)c2)n1. The molecule has 0 fully saturated rings. The zero-order valence-electron chi connectivity index (χ0n) is 12.4. The molecule has 0 unspecified atom stereocenters. The molecule has 1 aromatic carbocycles. The van der Waals surface area contributed by atoms with Crippen LogP contribution in [0.3, 0.4) is 0 Å². The molecule has 21 heavy (non-hydrogen) atoms. The Balaban J connectivity index is 1.93. The van der Waals surface area contributed by atoms with Crippen molar-refractivity contribution < 1.29 is 9.13 Å². The van der Waals surface area contributed by atoms with Crippen molar-refractivity contribution >= 4 is 24.0 Å². The van der Waals surface area contributed by atoms with Gasteiger partial charge < -0.3 is 4.74 Å². The van der Waals surface area contributed by atoms with Crippen LogP contribution in [0.25, 0.3) is 11.4 Å². The molecular weight excluding hydrogens is 353 g/mol. The predicted molar refractivity (Wildman–Crippen MR) is 87.2 cm³/mol. The summed E-state index contributed by atoms with van der Waals surface area (Å²) in [6.07, 6.45) is 1.60. The van der Waals surface area contributed by atoms with E-state index in [9.17, 15) is 4.39 Å². The van der Waals surface area contributed by atoms with Gasteiger partial charge in [-0.25, -0.2) is 14.1 Å². The molecule has 0 amide bonds. The summed E-state index contributed by atoms with van der Waals surface area (Å²) in [5.41, 5.74) is 0.650. The molecule has 0 aliphatic heterocycles. The number of benzene rings is 1. The van der Waals surface area contributed by atoms with Crippen molar-refractivity contribution in [2.24, 2.45) is 0 Å². The molecule has 0 saturated heterocycles. The lowest BCUT2D eigenvalue weighted by Gasteiger charge is -2.15. The summed E-state index contributed by atoms with van der Waals surface area (Å²) in [6.45, 7) is 8.04. The Morgan fingerprint density at radius 3 is 2.76 bits per heavy atom. The minimum atomic E-state index is -1.07. The lowest BCUT2D eigenvalue weighted by molar-refractivity contribution is 0.0785. The van der Waals surface area contributed by atoms with Crippen LogP contribution in [0.15, 0.2) is 29.0 Å². The van der Waals surface area contributed by atoms with Crippen molar-refractivity contribution in [1.29, 1.82) is 0 Å². The van der Waals surface area contributed by atoms with Crippen molar-refractivity contribution in [1.82, 2.24) is 14.8 Å². The van der Waals surface area contributed by atoms with Crippen molar-refractivity contribution in [2.45, 2.75) is 32.4 Å². The van der Waals surface area contributed by atoms with Gasteiger partial charge in [0.25, 0.3) is 0 Å². The maximum atomic E-state index is 13.5. The number of aromatic nitrogens is 3. The maximum Gasteiger partial charge on any atom is 0.181 e. The zero-order valence-corrected chi connectivity index (χ0v) is 15.0. The first kappa shape index (κ1) is 16.3. The van der Waals surface area contributed by atoms with Gasteiger partial charge in [-0.3, -0.25) is 0 Å². The van der Waals surface area contributed by atoms with Crippen LogP contribution in [0.1, 0.15) is 0 Å². The van der Waals surface area contributed by atoms with E-state index in [4.69, 9.17) is 4.74 Å². The van der Waals surface area contributed by atoms with Crippen LogP contribution in [0.5, 0.6) is 0 Å². The van der Waals surface area contributed by atoms with E-state index in [1.807, 2.05) is 0 Å². The summed E-state index contributed by atoms with van der Waals surface area (Å²) in [6, 6.07) is 5.96. The van der Waals surface area contributed by atoms with Gasteiger partial charge in [-0.2, -0.15) is 0 Å². The van der Waals surface area contributed by atoms with Gasteiger partial charge in [0.2, 0.25) is 0 Å². The number of nitrogens with zero attached hydrogens (tertiary/aromatic N) is 3. The van der Waals surface area contributed by atoms with Gasteiger partial charge in [-0.15, -0.1) is 5.10 Å². The first-order chi connectivity index (χ1) is 9.85. The molecule has 2 rings (SSSR count). The first-order valence-electron chi connectivity index (χ1n) is 6.78. The third-order valence-electron chi connectivity index (χ3n) is 2.93. The number of ether oxygens (including phenoxy) is 1. The number of hydrogen-bond donors (Lipinski definition) is 0. The molecule has 1 aromatic heterocycles. The highest BCUT2D eigenvalue weighted by molar-refractivity contribution is 9.10. The van der Waals surface area contributed by atoms with Crippen LogP contribution >= 0.6 is 15.9 Å². The van der Waals surface area contributed by atoms with Crippen LogP contribution < -0.4 is 0 Å². The van der Waals surface area contributed by atoms with Gasteiger partial charge in [0.1, 0.15) is 18.9 Å². The molecule has 0 N–H and O–H groups in total. The average molecular weight is 372 g/mol. The summed E-state index contributed by atoms with van der Waals surface area (Å²) >= 11 is 3.13. The summed E-state index contributed by atoms with van der Waals surface area (Å²) in [4.78, 5) is 4.18. The average Bonchev–Trinajstić information content (AvgIpc) is 2.86. The minimum absolute atomic E-state index is 0.324. The largest absolute Gasteiger partial charge is 0.359 e. The molecule has 0 saturated carbocycles. The van der Waals surface area contributed by atoms with Crippen LogP contribution in [-0.2, 0) is 11.5 Å². The van der Waals surface area contributed by atoms with Crippen LogP contribution in [0.4, 0.5) is 4.39 Å². The smallest absolute Gasteiger partial charge is 0.181 e. The molecule has 1 heterocycles. The molecule has 0 spiro atoms. The molecule has 4 nitrogen and oxygen atoms in total. The molecule has 2 aromatic rings. The lowest BCUT2D eigenvalue weighted by Crippen LogP contribution is -2.22. The zero-order chi connectivity index (χ0) is 15.5. The highest BCUT2D eigenvalue weighted by atomic mass is 79.9. The van der Waals surface area contributed by atoms with Gasteiger partial charge in [0.15, 0.2) is 5.82 Å². The molecule has 0 aliphatic carbocycles. The van der Waals surface area contributed by atoms with Gasteiger partial charge >= 0.3 is 0 Å². The Bertz CT molecular complexity index is 613. The second kappa shape index (κ2) is 6.80. The molecule has 7 heteroatoms. The van der Waals surface area contributed by atoms with Gasteiger partial charge in [-0.1, -0.05) is 19.6 Å². The van der Waals surface area contributed by atoms with Crippen LogP contribution in [0, 0.1) is 5.82 Å². The summed E-state index contributed by atoms with van der Waals surface area (Å²) in [5, 5.41) is 4.30. The van der Waals surface area contributed by atoms with Gasteiger partial charge in [0.05, 0.1) is 4.47 Å². The number of halogens is 2. The summed E-state index contributed by atoms with van der Waals surface area (Å²) < 4.78 is 21.2. The normalized spacial score (nSPS) is 11.9. The van der Waals surface area contributed by atoms with Gasteiger partial charge in [0, 0.05) is 20.2 Å². The molecule has 0 atom stereocenters. The van der Waals surface area contributed by atoms with Crippen molar-refractivity contribution in [3.8, 4) is 11.4 Å². The molecular formula is C14H19BrFN3OSi. The highest BCUT2D eigenvalue weighted by Crippen LogP contribution is 2.21. The van der Waals surface area contributed by atoms with E-state index in [-0.39, 0.29) is 5.82 Å². The summed E-state index contributed by atoms with van der Waals surface area (Å²) in [7, 11) is -1.07. The van der Waals surface area contributed by atoms with E-state index in [1.165, 1.54) is 6.07 Å². The van der Waals surface area contributed by atoms with Crippen molar-refractivity contribution in [3.05, 3.63) is 34.8 Å². The quantitative estimate of drug-likeness (QED) is 0.565. The first-order valence-corrected chi connectivity index (χ1v) is 11.3. The predicted octanol–water partition coefficient (Wildman–Crippen LogP) is 4.16. The monoisotopic (exact) mass is 371 g/mol. The Morgan fingerprint density at radius 1 is 1.33 bits per heavy atom. The second-order valence-electron chi connectivity index (χ2n) is 6.08.